The summed E-state index contributed by atoms with van der Waals surface area (Å²) in [6.07, 6.45) is 0. The maximum atomic E-state index is 12.1. The first kappa shape index (κ1) is 19.4. The van der Waals surface area contributed by atoms with Gasteiger partial charge in [-0.25, -0.2) is 4.79 Å². The van der Waals surface area contributed by atoms with E-state index in [-0.39, 0.29) is 11.3 Å². The van der Waals surface area contributed by atoms with Crippen molar-refractivity contribution in [2.45, 2.75) is 26.4 Å². The lowest BCUT2D eigenvalue weighted by atomic mass is 10.0. The standard InChI is InChI=1S/C19H19F2NO4/c1-12(2)13-3-7-15(8-4-13)22-17(23)11-25-18(24)14-5-9-16(10-6-14)26-19(20)21/h3-10,12,19H,11H2,1-2H3,(H,22,23). The number of carbonyl (C=O) groups is 2. The summed E-state index contributed by atoms with van der Waals surface area (Å²) in [6, 6.07) is 12.4. The number of hydrogen-bond acceptors (Lipinski definition) is 4. The molecule has 1 N–H and O–H groups in total. The Bertz CT molecular complexity index is 743. The SMILES string of the molecule is CC(C)c1ccc(NC(=O)COC(=O)c2ccc(OC(F)F)cc2)cc1. The highest BCUT2D eigenvalue weighted by molar-refractivity contribution is 5.95. The quantitative estimate of drug-likeness (QED) is 0.749. The van der Waals surface area contributed by atoms with Gasteiger partial charge in [0.15, 0.2) is 6.61 Å². The van der Waals surface area contributed by atoms with Crippen molar-refractivity contribution in [2.75, 3.05) is 11.9 Å². The average molecular weight is 363 g/mol. The molecule has 2 rings (SSSR count). The van der Waals surface area contributed by atoms with Gasteiger partial charge >= 0.3 is 12.6 Å². The van der Waals surface area contributed by atoms with Gasteiger partial charge < -0.3 is 14.8 Å². The van der Waals surface area contributed by atoms with Crippen LogP contribution >= 0.6 is 0 Å². The predicted molar refractivity (Wildman–Crippen MR) is 92.5 cm³/mol. The number of carbonyl (C=O) groups excluding carboxylic acids is 2. The van der Waals surface area contributed by atoms with Crippen molar-refractivity contribution in [1.29, 1.82) is 0 Å². The van der Waals surface area contributed by atoms with Gasteiger partial charge in [0.2, 0.25) is 0 Å². The zero-order valence-electron chi connectivity index (χ0n) is 14.4. The number of benzene rings is 2. The molecule has 0 aromatic heterocycles. The lowest BCUT2D eigenvalue weighted by molar-refractivity contribution is -0.119. The summed E-state index contributed by atoms with van der Waals surface area (Å²) >= 11 is 0. The Morgan fingerprint density at radius 2 is 1.62 bits per heavy atom. The monoisotopic (exact) mass is 363 g/mol. The Labute approximate surface area is 149 Å². The summed E-state index contributed by atoms with van der Waals surface area (Å²) in [7, 11) is 0. The Balaban J connectivity index is 1.83. The molecule has 5 nitrogen and oxygen atoms in total. The average Bonchev–Trinajstić information content (AvgIpc) is 2.60. The van der Waals surface area contributed by atoms with Gasteiger partial charge in [-0.15, -0.1) is 0 Å². The second-order valence-electron chi connectivity index (χ2n) is 5.80. The van der Waals surface area contributed by atoms with Crippen LogP contribution in [0, 0.1) is 0 Å². The molecule has 0 aliphatic rings. The molecule has 0 aliphatic carbocycles. The van der Waals surface area contributed by atoms with E-state index in [2.05, 4.69) is 23.9 Å². The molecule has 0 bridgehead atoms. The van der Waals surface area contributed by atoms with Crippen LogP contribution in [0.25, 0.3) is 0 Å². The molecule has 0 heterocycles. The smallest absolute Gasteiger partial charge is 0.387 e. The molecule has 1 amide bonds. The van der Waals surface area contributed by atoms with E-state index >= 15 is 0 Å². The molecule has 0 atom stereocenters. The van der Waals surface area contributed by atoms with Crippen molar-refractivity contribution in [2.24, 2.45) is 0 Å². The lowest BCUT2D eigenvalue weighted by Gasteiger charge is -2.09. The highest BCUT2D eigenvalue weighted by Crippen LogP contribution is 2.17. The number of anilines is 1. The molecule has 0 aliphatic heterocycles. The Morgan fingerprint density at radius 1 is 1.00 bits per heavy atom. The van der Waals surface area contributed by atoms with Gasteiger partial charge in [0.05, 0.1) is 5.56 Å². The largest absolute Gasteiger partial charge is 0.452 e. The molecule has 7 heteroatoms. The molecular weight excluding hydrogens is 344 g/mol. The number of alkyl halides is 2. The fourth-order valence-electron chi connectivity index (χ4n) is 2.14. The van der Waals surface area contributed by atoms with E-state index in [1.165, 1.54) is 24.3 Å². The van der Waals surface area contributed by atoms with Gasteiger partial charge in [-0.05, 0) is 47.9 Å². The van der Waals surface area contributed by atoms with Gasteiger partial charge in [-0.3, -0.25) is 4.79 Å². The molecule has 0 unspecified atom stereocenters. The minimum atomic E-state index is -2.94. The maximum Gasteiger partial charge on any atom is 0.387 e. The summed E-state index contributed by atoms with van der Waals surface area (Å²) in [5.41, 5.74) is 1.87. The number of nitrogens with one attached hydrogen (secondary N) is 1. The summed E-state index contributed by atoms with van der Waals surface area (Å²) in [4.78, 5) is 23.7. The first-order chi connectivity index (χ1) is 12.3. The van der Waals surface area contributed by atoms with E-state index in [0.717, 1.165) is 5.56 Å². The van der Waals surface area contributed by atoms with Crippen LogP contribution in [-0.2, 0) is 9.53 Å². The van der Waals surface area contributed by atoms with E-state index in [4.69, 9.17) is 4.74 Å². The third kappa shape index (κ3) is 5.84. The minimum Gasteiger partial charge on any atom is -0.452 e. The van der Waals surface area contributed by atoms with E-state index in [1.807, 2.05) is 12.1 Å². The first-order valence-electron chi connectivity index (χ1n) is 7.97. The van der Waals surface area contributed by atoms with Crippen LogP contribution < -0.4 is 10.1 Å². The molecule has 2 aromatic carbocycles. The number of hydrogen-bond donors (Lipinski definition) is 1. The predicted octanol–water partition coefficient (Wildman–Crippen LogP) is 4.21. The number of amides is 1. The Hall–Kier alpha value is -2.96. The summed E-state index contributed by atoms with van der Waals surface area (Å²) in [5.74, 6) is -0.899. The van der Waals surface area contributed by atoms with Gasteiger partial charge in [-0.2, -0.15) is 8.78 Å². The van der Waals surface area contributed by atoms with Gasteiger partial charge in [0.1, 0.15) is 5.75 Å². The first-order valence-corrected chi connectivity index (χ1v) is 7.97. The van der Waals surface area contributed by atoms with Crippen molar-refractivity contribution < 1.29 is 27.8 Å². The third-order valence-corrected chi connectivity index (χ3v) is 3.51. The van der Waals surface area contributed by atoms with Gasteiger partial charge in [-0.1, -0.05) is 26.0 Å². The molecule has 0 saturated heterocycles. The molecule has 138 valence electrons. The summed E-state index contributed by atoms with van der Waals surface area (Å²) in [6.45, 7) is 0.740. The lowest BCUT2D eigenvalue weighted by Crippen LogP contribution is -2.20. The fourth-order valence-corrected chi connectivity index (χ4v) is 2.14. The minimum absolute atomic E-state index is 0.0702. The molecule has 26 heavy (non-hydrogen) atoms. The highest BCUT2D eigenvalue weighted by Gasteiger charge is 2.12. The summed E-state index contributed by atoms with van der Waals surface area (Å²) in [5, 5.41) is 2.63. The van der Waals surface area contributed by atoms with Crippen LogP contribution in [0.5, 0.6) is 5.75 Å². The number of halogens is 2. The molecule has 0 spiro atoms. The number of esters is 1. The normalized spacial score (nSPS) is 10.7. The van der Waals surface area contributed by atoms with E-state index in [1.54, 1.807) is 12.1 Å². The highest BCUT2D eigenvalue weighted by atomic mass is 19.3. The molecule has 0 fully saturated rings. The second kappa shape index (κ2) is 8.94. The van der Waals surface area contributed by atoms with Crippen LogP contribution in [0.2, 0.25) is 0 Å². The van der Waals surface area contributed by atoms with Crippen LogP contribution in [-0.4, -0.2) is 25.1 Å². The fraction of sp³-hybridized carbons (Fsp3) is 0.263. The maximum absolute atomic E-state index is 12.1. The van der Waals surface area contributed by atoms with Crippen LogP contribution in [0.1, 0.15) is 35.7 Å². The van der Waals surface area contributed by atoms with Crippen LogP contribution in [0.15, 0.2) is 48.5 Å². The van der Waals surface area contributed by atoms with E-state index < -0.39 is 25.1 Å². The zero-order chi connectivity index (χ0) is 19.1. The number of rotatable bonds is 7. The zero-order valence-corrected chi connectivity index (χ0v) is 14.4. The molecule has 0 radical (unpaired) electrons. The van der Waals surface area contributed by atoms with Gasteiger partial charge in [0.25, 0.3) is 5.91 Å². The second-order valence-corrected chi connectivity index (χ2v) is 5.80. The van der Waals surface area contributed by atoms with Gasteiger partial charge in [0, 0.05) is 5.69 Å². The molecule has 0 saturated carbocycles. The number of ether oxygens (including phenoxy) is 2. The van der Waals surface area contributed by atoms with Crippen molar-refractivity contribution in [1.82, 2.24) is 0 Å². The van der Waals surface area contributed by atoms with Crippen molar-refractivity contribution in [3.8, 4) is 5.75 Å². The van der Waals surface area contributed by atoms with Crippen LogP contribution in [0.3, 0.4) is 0 Å². The van der Waals surface area contributed by atoms with E-state index in [0.29, 0.717) is 11.6 Å². The van der Waals surface area contributed by atoms with Crippen molar-refractivity contribution in [3.05, 3.63) is 59.7 Å². The molecular formula is C19H19F2NO4. The van der Waals surface area contributed by atoms with Crippen molar-refractivity contribution >= 4 is 17.6 Å². The van der Waals surface area contributed by atoms with Crippen LogP contribution in [0.4, 0.5) is 14.5 Å². The molecule has 2 aromatic rings. The third-order valence-electron chi connectivity index (χ3n) is 3.51. The van der Waals surface area contributed by atoms with E-state index in [9.17, 15) is 18.4 Å². The topological polar surface area (TPSA) is 64.6 Å². The summed E-state index contributed by atoms with van der Waals surface area (Å²) < 4.78 is 33.2. The van der Waals surface area contributed by atoms with Crippen molar-refractivity contribution in [3.63, 3.8) is 0 Å². The Kier molecular flexibility index (Phi) is 6.66. The Morgan fingerprint density at radius 3 is 2.15 bits per heavy atom.